The van der Waals surface area contributed by atoms with Gasteiger partial charge in [-0.2, -0.15) is 0 Å². The number of carbonyl (C=O) groups excluding carboxylic acids is 1. The Morgan fingerprint density at radius 1 is 1.58 bits per heavy atom. The Labute approximate surface area is 112 Å². The zero-order valence-corrected chi connectivity index (χ0v) is 11.1. The number of halogens is 1. The molecule has 19 heavy (non-hydrogen) atoms. The van der Waals surface area contributed by atoms with Gasteiger partial charge in [-0.3, -0.25) is 4.79 Å². The summed E-state index contributed by atoms with van der Waals surface area (Å²) < 4.78 is 19.0. The topological polar surface area (TPSA) is 55.6 Å². The zero-order valence-electron chi connectivity index (χ0n) is 11.1. The van der Waals surface area contributed by atoms with Crippen LogP contribution >= 0.6 is 0 Å². The number of hydrogen-bond acceptors (Lipinski definition) is 3. The highest BCUT2D eigenvalue weighted by Crippen LogP contribution is 2.26. The second kappa shape index (κ2) is 6.02. The molecule has 1 aromatic carbocycles. The summed E-state index contributed by atoms with van der Waals surface area (Å²) in [6, 6.07) is 4.43. The van der Waals surface area contributed by atoms with E-state index in [1.807, 2.05) is 0 Å². The molecule has 1 saturated heterocycles. The second-order valence-corrected chi connectivity index (χ2v) is 4.69. The molecule has 1 amide bonds. The number of rotatable bonds is 4. The van der Waals surface area contributed by atoms with E-state index in [2.05, 4.69) is 0 Å². The van der Waals surface area contributed by atoms with Crippen molar-refractivity contribution >= 4 is 5.91 Å². The molecular weight excluding hydrogens is 247 g/mol. The van der Waals surface area contributed by atoms with Gasteiger partial charge in [0.15, 0.2) is 11.6 Å². The largest absolute Gasteiger partial charge is 0.490 e. The third-order valence-electron chi connectivity index (χ3n) is 3.39. The number of ether oxygens (including phenoxy) is 1. The van der Waals surface area contributed by atoms with Crippen LogP contribution in [0.2, 0.25) is 0 Å². The molecule has 1 atom stereocenters. The Kier molecular flexibility index (Phi) is 4.37. The molecule has 0 unspecified atom stereocenters. The minimum atomic E-state index is -0.498. The molecule has 0 aliphatic carbocycles. The van der Waals surface area contributed by atoms with Crippen LogP contribution in [0, 0.1) is 11.7 Å². The Morgan fingerprint density at radius 2 is 2.37 bits per heavy atom. The minimum absolute atomic E-state index is 0.0474. The molecule has 5 heteroatoms. The molecule has 1 aliphatic rings. The number of para-hydroxylation sites is 1. The van der Waals surface area contributed by atoms with Crippen molar-refractivity contribution in [3.05, 3.63) is 29.6 Å². The van der Waals surface area contributed by atoms with E-state index in [9.17, 15) is 9.18 Å². The van der Waals surface area contributed by atoms with E-state index in [0.29, 0.717) is 37.7 Å². The molecule has 1 aliphatic heterocycles. The number of hydrogen-bond donors (Lipinski definition) is 1. The highest BCUT2D eigenvalue weighted by Gasteiger charge is 2.28. The monoisotopic (exact) mass is 266 g/mol. The number of nitrogens with two attached hydrogens (primary N) is 1. The molecule has 2 rings (SSSR count). The van der Waals surface area contributed by atoms with E-state index >= 15 is 0 Å². The summed E-state index contributed by atoms with van der Waals surface area (Å²) in [7, 11) is 0. The summed E-state index contributed by atoms with van der Waals surface area (Å²) in [5, 5.41) is 0. The van der Waals surface area contributed by atoms with Crippen LogP contribution < -0.4 is 10.5 Å². The average molecular weight is 266 g/mol. The number of carbonyl (C=O) groups is 1. The standard InChI is InChI=1S/C14H19FN2O2/c1-2-19-13-11(4-3-5-12(13)15)14(18)17-7-6-10(8-16)9-17/h3-5,10H,2,6-9,16H2,1H3/t10-/m0/s1. The van der Waals surface area contributed by atoms with Crippen molar-refractivity contribution in [2.75, 3.05) is 26.2 Å². The third kappa shape index (κ3) is 2.87. The zero-order chi connectivity index (χ0) is 13.8. The normalized spacial score (nSPS) is 18.7. The Morgan fingerprint density at radius 3 is 3.00 bits per heavy atom. The van der Waals surface area contributed by atoms with Crippen molar-refractivity contribution in [1.29, 1.82) is 0 Å². The van der Waals surface area contributed by atoms with Gasteiger partial charge in [-0.15, -0.1) is 0 Å². The lowest BCUT2D eigenvalue weighted by molar-refractivity contribution is 0.0782. The van der Waals surface area contributed by atoms with Gasteiger partial charge in [-0.05, 0) is 37.9 Å². The Hall–Kier alpha value is -1.62. The Balaban J connectivity index is 2.22. The van der Waals surface area contributed by atoms with Crippen molar-refractivity contribution in [3.8, 4) is 5.75 Å². The Bertz CT molecular complexity index is 465. The fraction of sp³-hybridized carbons (Fsp3) is 0.500. The van der Waals surface area contributed by atoms with Crippen LogP contribution in [0.4, 0.5) is 4.39 Å². The van der Waals surface area contributed by atoms with Crippen molar-refractivity contribution in [2.45, 2.75) is 13.3 Å². The average Bonchev–Trinajstić information content (AvgIpc) is 2.89. The molecule has 1 heterocycles. The SMILES string of the molecule is CCOc1c(F)cccc1C(=O)N1CC[C@@H](CN)C1. The number of nitrogens with zero attached hydrogens (tertiary/aromatic N) is 1. The third-order valence-corrected chi connectivity index (χ3v) is 3.39. The minimum Gasteiger partial charge on any atom is -0.490 e. The highest BCUT2D eigenvalue weighted by atomic mass is 19.1. The molecule has 0 saturated carbocycles. The molecule has 0 radical (unpaired) electrons. The van der Waals surface area contributed by atoms with Crippen molar-refractivity contribution in [1.82, 2.24) is 4.90 Å². The molecule has 2 N–H and O–H groups in total. The first-order chi connectivity index (χ1) is 9.17. The summed E-state index contributed by atoms with van der Waals surface area (Å²) in [6.45, 7) is 3.97. The van der Waals surface area contributed by atoms with E-state index < -0.39 is 5.82 Å². The predicted molar refractivity (Wildman–Crippen MR) is 70.6 cm³/mol. The van der Waals surface area contributed by atoms with Crippen LogP contribution in [0.15, 0.2) is 18.2 Å². The van der Waals surface area contributed by atoms with Gasteiger partial charge in [-0.25, -0.2) is 4.39 Å². The van der Waals surface area contributed by atoms with Gasteiger partial charge < -0.3 is 15.4 Å². The second-order valence-electron chi connectivity index (χ2n) is 4.69. The van der Waals surface area contributed by atoms with Gasteiger partial charge in [0.2, 0.25) is 0 Å². The molecule has 1 fully saturated rings. The van der Waals surface area contributed by atoms with Crippen LogP contribution in [-0.2, 0) is 0 Å². The number of benzene rings is 1. The van der Waals surface area contributed by atoms with E-state index in [4.69, 9.17) is 10.5 Å². The maximum atomic E-state index is 13.7. The molecule has 1 aromatic rings. The first kappa shape index (κ1) is 13.8. The first-order valence-electron chi connectivity index (χ1n) is 6.58. The molecule has 4 nitrogen and oxygen atoms in total. The van der Waals surface area contributed by atoms with Gasteiger partial charge in [0.25, 0.3) is 5.91 Å². The molecule has 0 aromatic heterocycles. The van der Waals surface area contributed by atoms with E-state index in [0.717, 1.165) is 6.42 Å². The summed E-state index contributed by atoms with van der Waals surface area (Å²) in [6.07, 6.45) is 0.904. The van der Waals surface area contributed by atoms with Crippen LogP contribution in [-0.4, -0.2) is 37.0 Å². The van der Waals surface area contributed by atoms with Gasteiger partial charge in [0, 0.05) is 13.1 Å². The predicted octanol–water partition coefficient (Wildman–Crippen LogP) is 1.65. The van der Waals surface area contributed by atoms with E-state index in [1.165, 1.54) is 12.1 Å². The first-order valence-corrected chi connectivity index (χ1v) is 6.58. The van der Waals surface area contributed by atoms with Crippen LogP contribution in [0.5, 0.6) is 5.75 Å². The summed E-state index contributed by atoms with van der Waals surface area (Å²) in [5.74, 6) is -0.291. The summed E-state index contributed by atoms with van der Waals surface area (Å²) in [4.78, 5) is 14.1. The lowest BCUT2D eigenvalue weighted by atomic mass is 10.1. The fourth-order valence-corrected chi connectivity index (χ4v) is 2.35. The van der Waals surface area contributed by atoms with Gasteiger partial charge in [0.05, 0.1) is 12.2 Å². The molecule has 0 spiro atoms. The smallest absolute Gasteiger partial charge is 0.257 e. The van der Waals surface area contributed by atoms with Gasteiger partial charge in [0.1, 0.15) is 0 Å². The lowest BCUT2D eigenvalue weighted by Gasteiger charge is -2.18. The maximum absolute atomic E-state index is 13.7. The molecule has 0 bridgehead atoms. The number of likely N-dealkylation sites (tertiary alicyclic amines) is 1. The number of amides is 1. The van der Waals surface area contributed by atoms with E-state index in [1.54, 1.807) is 17.9 Å². The molecular formula is C14H19FN2O2. The quantitative estimate of drug-likeness (QED) is 0.901. The van der Waals surface area contributed by atoms with Crippen LogP contribution in [0.3, 0.4) is 0 Å². The summed E-state index contributed by atoms with van der Waals surface area (Å²) in [5.41, 5.74) is 5.91. The van der Waals surface area contributed by atoms with Gasteiger partial charge in [-0.1, -0.05) is 6.07 Å². The van der Waals surface area contributed by atoms with Crippen molar-refractivity contribution in [2.24, 2.45) is 11.7 Å². The van der Waals surface area contributed by atoms with Crippen LogP contribution in [0.25, 0.3) is 0 Å². The summed E-state index contributed by atoms with van der Waals surface area (Å²) >= 11 is 0. The van der Waals surface area contributed by atoms with E-state index in [-0.39, 0.29) is 11.7 Å². The van der Waals surface area contributed by atoms with Crippen molar-refractivity contribution in [3.63, 3.8) is 0 Å². The van der Waals surface area contributed by atoms with Crippen LogP contribution in [0.1, 0.15) is 23.7 Å². The maximum Gasteiger partial charge on any atom is 0.257 e. The van der Waals surface area contributed by atoms with Crippen molar-refractivity contribution < 1.29 is 13.9 Å². The van der Waals surface area contributed by atoms with Gasteiger partial charge >= 0.3 is 0 Å². The highest BCUT2D eigenvalue weighted by molar-refractivity contribution is 5.97. The molecule has 104 valence electrons. The lowest BCUT2D eigenvalue weighted by Crippen LogP contribution is -2.30. The fourth-order valence-electron chi connectivity index (χ4n) is 2.35.